The minimum absolute atomic E-state index is 0.119. The number of benzene rings is 8. The van der Waals surface area contributed by atoms with Gasteiger partial charge in [0.15, 0.2) is 38.8 Å². The lowest BCUT2D eigenvalue weighted by Crippen LogP contribution is -2.18. The molecule has 2 atom stereocenters. The van der Waals surface area contributed by atoms with Crippen molar-refractivity contribution < 1.29 is 4.74 Å². The first-order valence-corrected chi connectivity index (χ1v) is 46.4. The van der Waals surface area contributed by atoms with E-state index in [1.54, 1.807) is 16.9 Å². The Morgan fingerprint density at radius 3 is 1.05 bits per heavy atom. The zero-order valence-corrected chi connectivity index (χ0v) is 69.5. The number of aryl methyl sites for hydroxylation is 2. The van der Waals surface area contributed by atoms with E-state index in [2.05, 4.69) is 320 Å². The summed E-state index contributed by atoms with van der Waals surface area (Å²) in [5, 5.41) is 7.37. The minimum atomic E-state index is 0.119. The molecule has 532 valence electrons. The van der Waals surface area contributed by atoms with Crippen molar-refractivity contribution in [2.75, 3.05) is 53.6 Å². The summed E-state index contributed by atoms with van der Waals surface area (Å²) in [7, 11) is 4.04. The molecule has 12 rings (SSSR count). The quantitative estimate of drug-likeness (QED) is 0.0876. The van der Waals surface area contributed by atoms with E-state index in [-0.39, 0.29) is 48.1 Å². The van der Waals surface area contributed by atoms with Gasteiger partial charge in [0.25, 0.3) is 0 Å². The van der Waals surface area contributed by atoms with Gasteiger partial charge in [0.2, 0.25) is 0 Å². The second kappa shape index (κ2) is 43.1. The van der Waals surface area contributed by atoms with Crippen molar-refractivity contribution in [1.82, 2.24) is 0 Å². The van der Waals surface area contributed by atoms with E-state index in [9.17, 15) is 0 Å². The Kier molecular flexibility index (Phi) is 36.1. The molecule has 2 unspecified atom stereocenters. The van der Waals surface area contributed by atoms with Crippen LogP contribution in [0.4, 0.5) is 0 Å². The van der Waals surface area contributed by atoms with Gasteiger partial charge in [-0.2, -0.15) is 0 Å². The molecular weight excluding hydrogens is 1310 g/mol. The van der Waals surface area contributed by atoms with Crippen molar-refractivity contribution in [2.45, 2.75) is 224 Å². The highest BCUT2D eigenvalue weighted by Gasteiger charge is 2.28. The molecule has 0 spiro atoms. The summed E-state index contributed by atoms with van der Waals surface area (Å²) in [5.41, 5.74) is 7.44. The van der Waals surface area contributed by atoms with Crippen LogP contribution in [0.25, 0.3) is 30.0 Å². The van der Waals surface area contributed by atoms with Crippen LogP contribution in [0.5, 0.6) is 5.75 Å². The molecule has 10 aromatic rings. The van der Waals surface area contributed by atoms with Crippen LogP contribution < -0.4 is 4.74 Å². The van der Waals surface area contributed by atoms with Crippen molar-refractivity contribution >= 4 is 84.7 Å². The summed E-state index contributed by atoms with van der Waals surface area (Å²) in [6.07, 6.45) is 19.4. The number of ether oxygens (including phenoxy) is 1. The lowest BCUT2D eigenvalue weighted by atomic mass is 9.87. The van der Waals surface area contributed by atoms with Gasteiger partial charge in [0.05, 0.1) is 18.0 Å². The van der Waals surface area contributed by atoms with E-state index in [0.717, 1.165) is 16.6 Å². The summed E-state index contributed by atoms with van der Waals surface area (Å²) in [4.78, 5) is 8.77. The van der Waals surface area contributed by atoms with Crippen molar-refractivity contribution in [3.05, 3.63) is 245 Å². The molecule has 0 amide bonds. The molecule has 0 aliphatic carbocycles. The highest BCUT2D eigenvalue weighted by Crippen LogP contribution is 2.41. The molecule has 0 saturated carbocycles. The van der Waals surface area contributed by atoms with Gasteiger partial charge >= 0.3 is 0 Å². The van der Waals surface area contributed by atoms with Crippen LogP contribution in [0.15, 0.2) is 237 Å². The van der Waals surface area contributed by atoms with Gasteiger partial charge in [-0.15, -0.1) is 0 Å². The average Bonchev–Trinajstić information content (AvgIpc) is 1.73. The van der Waals surface area contributed by atoms with Gasteiger partial charge in [-0.3, -0.25) is 0 Å². The molecule has 2 aromatic heterocycles. The summed E-state index contributed by atoms with van der Waals surface area (Å²) >= 11 is 0. The highest BCUT2D eigenvalue weighted by atomic mass is 32.2. The molecule has 0 bridgehead atoms. The smallest absolute Gasteiger partial charge is 0.186 e. The third-order valence-corrected chi connectivity index (χ3v) is 31.8. The zero-order chi connectivity index (χ0) is 71.8. The maximum Gasteiger partial charge on any atom is 0.186 e. The molecule has 2 aliphatic heterocycles. The topological polar surface area (TPSA) is 9.23 Å². The first-order chi connectivity index (χ1) is 47.6. The van der Waals surface area contributed by atoms with Crippen LogP contribution in [-0.2, 0) is 59.8 Å². The SMILES string of the molecule is CC.CC(C)(C)c1ccc(-[s+]2ccc3ccccc32)cc1.CCCC[S+](CCCC)CCCC.COc1c(C)cc([S+]2CCCCC2)cc1C.C[S+](c1ccc(C(C)(C)C)cc1)c1ccc(C(C)(C)C)cc1.c1ccc(-[s+]2ccc3ccccc32)cc1.c1ccc([S+]2CCCCC2)cc1. The Bertz CT molecular complexity index is 3690. The maximum atomic E-state index is 5.42. The van der Waals surface area contributed by atoms with Gasteiger partial charge in [0, 0.05) is 65.6 Å². The van der Waals surface area contributed by atoms with Gasteiger partial charge in [-0.1, -0.05) is 213 Å². The first-order valence-electron chi connectivity index (χ1n) is 37.4. The summed E-state index contributed by atoms with van der Waals surface area (Å²) in [6.45, 7) is 35.6. The van der Waals surface area contributed by atoms with Gasteiger partial charge in [-0.05, 0) is 224 Å². The molecule has 2 aliphatic rings. The Morgan fingerprint density at radius 2 is 0.697 bits per heavy atom. The van der Waals surface area contributed by atoms with Crippen molar-refractivity contribution in [3.8, 4) is 15.5 Å². The zero-order valence-electron chi connectivity index (χ0n) is 64.6. The molecule has 1 nitrogen and oxygen atoms in total. The van der Waals surface area contributed by atoms with Crippen molar-refractivity contribution in [2.24, 2.45) is 0 Å². The second-order valence-electron chi connectivity index (χ2n) is 29.1. The third kappa shape index (κ3) is 26.9. The Morgan fingerprint density at radius 1 is 0.374 bits per heavy atom. The Hall–Kier alpha value is -5.12. The molecule has 0 radical (unpaired) electrons. The lowest BCUT2D eigenvalue weighted by Gasteiger charge is -2.19. The highest BCUT2D eigenvalue weighted by molar-refractivity contribution is 7.97. The standard InChI is InChI=1S/C21H29S.C18H19S.C14H21OS.C14H11S.C12H27S.C11H15S.C2H6/c1-20(2,3)16-8-12-18(13-9-16)22(7)19-14-10-17(11-15-19)21(4,5)6;1-18(2,3)15-8-10-16(11-9-15)19-13-12-14-6-4-5-7-17(14)19;1-11-9-13(10-12(2)14(11)15-3)16-7-5-4-6-8-16;1-2-7-13(8-3-1)15-11-10-12-6-4-5-9-14(12)15;1-4-7-10-13(11-8-5-2)12-9-6-3;1-3-7-11(8-4-1)12-9-5-2-6-10-12;1-2/h8-15H,1-7H3;4-13H,1-3H3;9-10H,4-8H2,1-3H3;1-11H;4-12H2,1-3H3;1,3-4,7-8H,2,5-6,9-10H2;1-2H3/q6*+1;. The molecule has 8 aromatic carbocycles. The molecular formula is C92H128OS6+6. The molecule has 0 N–H and O–H groups in total. The average molecular weight is 1440 g/mol. The van der Waals surface area contributed by atoms with Crippen LogP contribution in [0.2, 0.25) is 0 Å². The third-order valence-electron chi connectivity index (χ3n) is 18.2. The number of rotatable bonds is 16. The van der Waals surface area contributed by atoms with E-state index in [0.29, 0.717) is 21.8 Å². The van der Waals surface area contributed by atoms with E-state index in [4.69, 9.17) is 4.74 Å². The Labute approximate surface area is 622 Å². The maximum absolute atomic E-state index is 5.42. The van der Waals surface area contributed by atoms with Crippen LogP contribution in [0, 0.1) is 13.8 Å². The normalized spacial score (nSPS) is 13.8. The number of hydrogen-bond acceptors (Lipinski definition) is 1. The monoisotopic (exact) mass is 1440 g/mol. The van der Waals surface area contributed by atoms with Gasteiger partial charge in [-0.25, -0.2) is 0 Å². The fraction of sp³-hybridized carbons (Fsp3) is 0.435. The molecule has 4 heterocycles. The largest absolute Gasteiger partial charge is 0.496 e. The fourth-order valence-electron chi connectivity index (χ4n) is 12.1. The number of unbranched alkanes of at least 4 members (excludes halogenated alkanes) is 3. The summed E-state index contributed by atoms with van der Waals surface area (Å²) in [6, 6.07) is 75.6. The number of thiophene rings is 2. The van der Waals surface area contributed by atoms with Gasteiger partial charge in [0.1, 0.15) is 63.0 Å². The number of methoxy groups -OCH3 is 1. The molecule has 2 saturated heterocycles. The first kappa shape index (κ1) is 82.8. The van der Waals surface area contributed by atoms with Gasteiger partial charge < -0.3 is 4.74 Å². The van der Waals surface area contributed by atoms with E-state index >= 15 is 0 Å². The van der Waals surface area contributed by atoms with Crippen LogP contribution in [-0.4, -0.2) is 53.6 Å². The summed E-state index contributed by atoms with van der Waals surface area (Å²) in [5.74, 6) is 11.2. The molecule has 7 heteroatoms. The van der Waals surface area contributed by atoms with Crippen molar-refractivity contribution in [1.29, 1.82) is 0 Å². The number of hydrogen-bond donors (Lipinski definition) is 0. The molecule has 99 heavy (non-hydrogen) atoms. The van der Waals surface area contributed by atoms with Crippen LogP contribution >= 0.6 is 20.9 Å². The van der Waals surface area contributed by atoms with Crippen LogP contribution in [0.3, 0.4) is 0 Å². The predicted octanol–water partition coefficient (Wildman–Crippen LogP) is 27.8. The van der Waals surface area contributed by atoms with E-state index in [1.807, 2.05) is 13.8 Å². The minimum Gasteiger partial charge on any atom is -0.496 e. The van der Waals surface area contributed by atoms with E-state index in [1.165, 1.54) is 185 Å². The predicted molar refractivity (Wildman–Crippen MR) is 460 cm³/mol. The molecule has 2 fully saturated rings. The number of fused-ring (bicyclic) bond motifs is 2. The van der Waals surface area contributed by atoms with Crippen LogP contribution in [0.1, 0.15) is 202 Å². The summed E-state index contributed by atoms with van der Waals surface area (Å²) < 4.78 is 8.32. The van der Waals surface area contributed by atoms with Crippen molar-refractivity contribution in [3.63, 3.8) is 0 Å². The lowest BCUT2D eigenvalue weighted by molar-refractivity contribution is 0.408. The van der Waals surface area contributed by atoms with E-state index < -0.39 is 0 Å². The Balaban J connectivity index is 0.000000188. The fourth-order valence-corrected chi connectivity index (χ4v) is 24.7. The second-order valence-corrected chi connectivity index (χ2v) is 41.8.